The van der Waals surface area contributed by atoms with Crippen molar-refractivity contribution in [2.45, 2.75) is 12.6 Å². The lowest BCUT2D eigenvalue weighted by molar-refractivity contribution is -0.137. The van der Waals surface area contributed by atoms with Gasteiger partial charge in [0.15, 0.2) is 0 Å². The Bertz CT molecular complexity index is 350. The molecule has 0 amide bonds. The van der Waals surface area contributed by atoms with E-state index < -0.39 is 11.7 Å². The molecule has 1 aromatic carbocycles. The van der Waals surface area contributed by atoms with E-state index in [1.807, 2.05) is 0 Å². The number of rotatable bonds is 4. The second kappa shape index (κ2) is 5.21. The first kappa shape index (κ1) is 12.8. The Labute approximate surface area is 92.4 Å². The first-order valence-electron chi connectivity index (χ1n) is 4.87. The Kier molecular flexibility index (Phi) is 4.18. The summed E-state index contributed by atoms with van der Waals surface area (Å²) in [6, 6.07) is 3.57. The number of hydrogen-bond acceptors (Lipinski definition) is 2. The molecule has 0 fully saturated rings. The number of ether oxygens (including phenoxy) is 1. The molecule has 1 N–H and O–H groups in total. The van der Waals surface area contributed by atoms with Gasteiger partial charge in [-0.2, -0.15) is 13.2 Å². The number of methoxy groups -OCH3 is 1. The summed E-state index contributed by atoms with van der Waals surface area (Å²) in [6.07, 6.45) is -3.69. The van der Waals surface area contributed by atoms with Crippen LogP contribution >= 0.6 is 0 Å². The quantitative estimate of drug-likeness (QED) is 0.862. The van der Waals surface area contributed by atoms with E-state index in [1.165, 1.54) is 13.2 Å². The maximum atomic E-state index is 12.4. The molecule has 0 aliphatic heterocycles. The maximum Gasteiger partial charge on any atom is 0.416 e. The van der Waals surface area contributed by atoms with E-state index in [-0.39, 0.29) is 5.75 Å². The van der Waals surface area contributed by atoms with Gasteiger partial charge in [0, 0.05) is 0 Å². The largest absolute Gasteiger partial charge is 0.496 e. The Morgan fingerprint density at radius 2 is 2.00 bits per heavy atom. The summed E-state index contributed by atoms with van der Waals surface area (Å²) in [5, 5.41) is 2.93. The monoisotopic (exact) mass is 233 g/mol. The zero-order chi connectivity index (χ0) is 12.2. The predicted octanol–water partition coefficient (Wildman–Crippen LogP) is 2.48. The van der Waals surface area contributed by atoms with E-state index in [2.05, 4.69) is 5.32 Å². The number of hydrogen-bond donors (Lipinski definition) is 1. The topological polar surface area (TPSA) is 21.3 Å². The van der Waals surface area contributed by atoms with Crippen molar-refractivity contribution in [2.75, 3.05) is 20.7 Å². The van der Waals surface area contributed by atoms with Gasteiger partial charge in [-0.25, -0.2) is 0 Å². The van der Waals surface area contributed by atoms with Crippen molar-refractivity contribution in [3.05, 3.63) is 29.3 Å². The third-order valence-corrected chi connectivity index (χ3v) is 2.26. The number of alkyl halides is 3. The standard InChI is InChI=1S/C11H14F3NO/c1-15-6-5-8-3-4-9(11(12,13)14)7-10(8)16-2/h3-4,7,15H,5-6H2,1-2H3. The van der Waals surface area contributed by atoms with Crippen molar-refractivity contribution in [1.82, 2.24) is 5.32 Å². The minimum absolute atomic E-state index is 0.282. The van der Waals surface area contributed by atoms with E-state index in [4.69, 9.17) is 4.74 Å². The average Bonchev–Trinajstić information content (AvgIpc) is 2.24. The molecule has 0 bridgehead atoms. The molecule has 0 heterocycles. The number of likely N-dealkylation sites (N-methyl/N-ethyl adjacent to an activating group) is 1. The minimum atomic E-state index is -4.32. The third-order valence-electron chi connectivity index (χ3n) is 2.26. The summed E-state index contributed by atoms with van der Waals surface area (Å²) >= 11 is 0. The van der Waals surface area contributed by atoms with Gasteiger partial charge in [-0.05, 0) is 37.7 Å². The zero-order valence-corrected chi connectivity index (χ0v) is 9.19. The van der Waals surface area contributed by atoms with E-state index >= 15 is 0 Å². The van der Waals surface area contributed by atoms with Gasteiger partial charge in [-0.15, -0.1) is 0 Å². The molecular formula is C11H14F3NO. The fraction of sp³-hybridized carbons (Fsp3) is 0.455. The average molecular weight is 233 g/mol. The maximum absolute atomic E-state index is 12.4. The molecule has 0 radical (unpaired) electrons. The molecule has 16 heavy (non-hydrogen) atoms. The summed E-state index contributed by atoms with van der Waals surface area (Å²) in [4.78, 5) is 0. The minimum Gasteiger partial charge on any atom is -0.496 e. The van der Waals surface area contributed by atoms with Crippen LogP contribution in [0.4, 0.5) is 13.2 Å². The fourth-order valence-corrected chi connectivity index (χ4v) is 1.39. The predicted molar refractivity (Wildman–Crippen MR) is 55.6 cm³/mol. The van der Waals surface area contributed by atoms with Gasteiger partial charge >= 0.3 is 6.18 Å². The highest BCUT2D eigenvalue weighted by Crippen LogP contribution is 2.33. The lowest BCUT2D eigenvalue weighted by Gasteiger charge is -2.12. The SMILES string of the molecule is CNCCc1ccc(C(F)(F)F)cc1OC. The number of nitrogens with one attached hydrogen (secondary N) is 1. The summed E-state index contributed by atoms with van der Waals surface area (Å²) < 4.78 is 42.2. The first-order valence-corrected chi connectivity index (χ1v) is 4.87. The molecule has 90 valence electrons. The van der Waals surface area contributed by atoms with Crippen molar-refractivity contribution in [2.24, 2.45) is 0 Å². The van der Waals surface area contributed by atoms with Gasteiger partial charge in [0.1, 0.15) is 5.75 Å². The van der Waals surface area contributed by atoms with Crippen molar-refractivity contribution in [3.8, 4) is 5.75 Å². The highest BCUT2D eigenvalue weighted by atomic mass is 19.4. The zero-order valence-electron chi connectivity index (χ0n) is 9.19. The fourth-order valence-electron chi connectivity index (χ4n) is 1.39. The second-order valence-corrected chi connectivity index (χ2v) is 3.38. The lowest BCUT2D eigenvalue weighted by atomic mass is 10.1. The molecule has 0 saturated heterocycles. The summed E-state index contributed by atoms with van der Waals surface area (Å²) in [5.41, 5.74) is 0.0856. The molecule has 0 saturated carbocycles. The Hall–Kier alpha value is -1.23. The van der Waals surface area contributed by atoms with Crippen LogP contribution in [0.1, 0.15) is 11.1 Å². The molecule has 0 atom stereocenters. The van der Waals surface area contributed by atoms with E-state index in [0.717, 1.165) is 17.7 Å². The van der Waals surface area contributed by atoms with Gasteiger partial charge in [0.25, 0.3) is 0 Å². The van der Waals surface area contributed by atoms with Gasteiger partial charge in [0.05, 0.1) is 12.7 Å². The Morgan fingerprint density at radius 3 is 2.50 bits per heavy atom. The number of benzene rings is 1. The van der Waals surface area contributed by atoms with Gasteiger partial charge in [0.2, 0.25) is 0 Å². The van der Waals surface area contributed by atoms with Crippen LogP contribution in [0.25, 0.3) is 0 Å². The van der Waals surface area contributed by atoms with Crippen molar-refractivity contribution in [3.63, 3.8) is 0 Å². The van der Waals surface area contributed by atoms with Crippen LogP contribution in [-0.4, -0.2) is 20.7 Å². The van der Waals surface area contributed by atoms with Crippen LogP contribution in [0.3, 0.4) is 0 Å². The van der Waals surface area contributed by atoms with E-state index in [1.54, 1.807) is 7.05 Å². The Morgan fingerprint density at radius 1 is 1.31 bits per heavy atom. The molecule has 0 spiro atoms. The van der Waals surface area contributed by atoms with Gasteiger partial charge < -0.3 is 10.1 Å². The van der Waals surface area contributed by atoms with Crippen molar-refractivity contribution in [1.29, 1.82) is 0 Å². The van der Waals surface area contributed by atoms with Crippen LogP contribution < -0.4 is 10.1 Å². The number of halogens is 3. The van der Waals surface area contributed by atoms with Crippen LogP contribution in [0, 0.1) is 0 Å². The van der Waals surface area contributed by atoms with Crippen molar-refractivity contribution < 1.29 is 17.9 Å². The van der Waals surface area contributed by atoms with Crippen LogP contribution in [0.5, 0.6) is 5.75 Å². The highest BCUT2D eigenvalue weighted by molar-refractivity contribution is 5.38. The van der Waals surface area contributed by atoms with Gasteiger partial charge in [-0.3, -0.25) is 0 Å². The molecule has 1 rings (SSSR count). The van der Waals surface area contributed by atoms with Crippen molar-refractivity contribution >= 4 is 0 Å². The molecule has 0 unspecified atom stereocenters. The molecule has 1 aromatic rings. The molecule has 0 aromatic heterocycles. The second-order valence-electron chi connectivity index (χ2n) is 3.38. The normalized spacial score (nSPS) is 11.6. The van der Waals surface area contributed by atoms with Crippen LogP contribution in [-0.2, 0) is 12.6 Å². The highest BCUT2D eigenvalue weighted by Gasteiger charge is 2.31. The summed E-state index contributed by atoms with van der Waals surface area (Å²) in [7, 11) is 3.16. The third kappa shape index (κ3) is 3.13. The first-order chi connectivity index (χ1) is 7.49. The van der Waals surface area contributed by atoms with Gasteiger partial charge in [-0.1, -0.05) is 6.07 Å². The molecule has 2 nitrogen and oxygen atoms in total. The summed E-state index contributed by atoms with van der Waals surface area (Å²) in [5.74, 6) is 0.282. The molecular weight excluding hydrogens is 219 g/mol. The molecule has 0 aliphatic rings. The van der Waals surface area contributed by atoms with E-state index in [0.29, 0.717) is 13.0 Å². The van der Waals surface area contributed by atoms with E-state index in [9.17, 15) is 13.2 Å². The lowest BCUT2D eigenvalue weighted by Crippen LogP contribution is -2.12. The Balaban J connectivity index is 2.97. The van der Waals surface area contributed by atoms with Crippen LogP contribution in [0.15, 0.2) is 18.2 Å². The summed E-state index contributed by atoms with van der Waals surface area (Å²) in [6.45, 7) is 0.696. The van der Waals surface area contributed by atoms with Crippen LogP contribution in [0.2, 0.25) is 0 Å². The molecule has 0 aliphatic carbocycles. The molecule has 5 heteroatoms. The smallest absolute Gasteiger partial charge is 0.416 e.